The second kappa shape index (κ2) is 4.42. The number of hydrogen-bond donors (Lipinski definition) is 2. The lowest BCUT2D eigenvalue weighted by Crippen LogP contribution is -2.16. The SMILES string of the molecule is C#Cc1c(C2C=CNCC2)csc1C(=O)O. The zero-order chi connectivity index (χ0) is 11.5. The van der Waals surface area contributed by atoms with Crippen molar-refractivity contribution in [3.05, 3.63) is 33.7 Å². The molecule has 2 N–H and O–H groups in total. The van der Waals surface area contributed by atoms with E-state index in [2.05, 4.69) is 11.2 Å². The van der Waals surface area contributed by atoms with Crippen LogP contribution in [0.4, 0.5) is 0 Å². The number of thiophene rings is 1. The predicted molar refractivity (Wildman–Crippen MR) is 63.7 cm³/mol. The third-order valence-electron chi connectivity index (χ3n) is 2.60. The van der Waals surface area contributed by atoms with Crippen molar-refractivity contribution >= 4 is 17.3 Å². The number of carboxylic acids is 1. The summed E-state index contributed by atoms with van der Waals surface area (Å²) in [6, 6.07) is 0. The highest BCUT2D eigenvalue weighted by atomic mass is 32.1. The Hall–Kier alpha value is -1.73. The van der Waals surface area contributed by atoms with Crippen LogP contribution in [0.25, 0.3) is 0 Å². The molecule has 1 aromatic rings. The summed E-state index contributed by atoms with van der Waals surface area (Å²) in [7, 11) is 0. The van der Waals surface area contributed by atoms with E-state index in [1.165, 1.54) is 11.3 Å². The zero-order valence-corrected chi connectivity index (χ0v) is 9.38. The second-order valence-corrected chi connectivity index (χ2v) is 4.43. The van der Waals surface area contributed by atoms with Gasteiger partial charge in [0.2, 0.25) is 0 Å². The Morgan fingerprint density at radius 1 is 1.69 bits per heavy atom. The molecule has 0 saturated carbocycles. The number of rotatable bonds is 2. The first-order valence-electron chi connectivity index (χ1n) is 4.95. The van der Waals surface area contributed by atoms with Gasteiger partial charge in [-0.15, -0.1) is 17.8 Å². The zero-order valence-electron chi connectivity index (χ0n) is 8.56. The van der Waals surface area contributed by atoms with Crippen molar-refractivity contribution in [2.24, 2.45) is 0 Å². The van der Waals surface area contributed by atoms with Gasteiger partial charge in [-0.25, -0.2) is 4.79 Å². The highest BCUT2D eigenvalue weighted by Gasteiger charge is 2.21. The minimum Gasteiger partial charge on any atom is -0.477 e. The van der Waals surface area contributed by atoms with Crippen molar-refractivity contribution in [3.63, 3.8) is 0 Å². The van der Waals surface area contributed by atoms with Gasteiger partial charge in [0.1, 0.15) is 4.88 Å². The molecule has 3 nitrogen and oxygen atoms in total. The average molecular weight is 233 g/mol. The molecule has 16 heavy (non-hydrogen) atoms. The van der Waals surface area contributed by atoms with Gasteiger partial charge in [0.05, 0.1) is 5.56 Å². The summed E-state index contributed by atoms with van der Waals surface area (Å²) in [5, 5.41) is 14.0. The summed E-state index contributed by atoms with van der Waals surface area (Å²) in [6.45, 7) is 0.892. The highest BCUT2D eigenvalue weighted by Crippen LogP contribution is 2.32. The summed E-state index contributed by atoms with van der Waals surface area (Å²) in [5.74, 6) is 1.79. The molecule has 1 aliphatic heterocycles. The number of carbonyl (C=O) groups is 1. The molecule has 0 aromatic carbocycles. The molecular formula is C12H11NO2S. The topological polar surface area (TPSA) is 49.3 Å². The molecule has 1 aromatic heterocycles. The van der Waals surface area contributed by atoms with E-state index in [4.69, 9.17) is 11.5 Å². The van der Waals surface area contributed by atoms with Gasteiger partial charge in [0.15, 0.2) is 0 Å². The van der Waals surface area contributed by atoms with Crippen LogP contribution in [0.3, 0.4) is 0 Å². The monoisotopic (exact) mass is 233 g/mol. The van der Waals surface area contributed by atoms with Gasteiger partial charge in [-0.2, -0.15) is 0 Å². The molecule has 1 unspecified atom stereocenters. The van der Waals surface area contributed by atoms with Crippen LogP contribution in [0.5, 0.6) is 0 Å². The average Bonchev–Trinajstić information content (AvgIpc) is 2.73. The number of nitrogens with one attached hydrogen (secondary N) is 1. The fraction of sp³-hybridized carbons (Fsp3) is 0.250. The highest BCUT2D eigenvalue weighted by molar-refractivity contribution is 7.12. The van der Waals surface area contributed by atoms with Gasteiger partial charge in [0, 0.05) is 12.5 Å². The van der Waals surface area contributed by atoms with Crippen LogP contribution >= 0.6 is 11.3 Å². The first-order valence-corrected chi connectivity index (χ1v) is 5.83. The van der Waals surface area contributed by atoms with Crippen molar-refractivity contribution < 1.29 is 9.90 Å². The normalized spacial score (nSPS) is 18.8. The molecule has 1 atom stereocenters. The van der Waals surface area contributed by atoms with Crippen molar-refractivity contribution in [1.29, 1.82) is 0 Å². The molecule has 0 amide bonds. The molecule has 82 valence electrons. The molecule has 2 rings (SSSR count). The summed E-state index contributed by atoms with van der Waals surface area (Å²) in [6.07, 6.45) is 10.3. The van der Waals surface area contributed by atoms with E-state index in [-0.39, 0.29) is 10.8 Å². The van der Waals surface area contributed by atoms with E-state index >= 15 is 0 Å². The Balaban J connectivity index is 2.42. The molecule has 0 fully saturated rings. The maximum Gasteiger partial charge on any atom is 0.347 e. The largest absolute Gasteiger partial charge is 0.477 e. The van der Waals surface area contributed by atoms with Crippen LogP contribution in [0, 0.1) is 12.3 Å². The Kier molecular flexibility index (Phi) is 2.97. The summed E-state index contributed by atoms with van der Waals surface area (Å²) in [5.41, 5.74) is 1.50. The Morgan fingerprint density at radius 2 is 2.50 bits per heavy atom. The molecule has 0 bridgehead atoms. The molecule has 0 aliphatic carbocycles. The first-order chi connectivity index (χ1) is 7.74. The molecule has 0 spiro atoms. The summed E-state index contributed by atoms with van der Waals surface area (Å²) in [4.78, 5) is 11.2. The third-order valence-corrected chi connectivity index (χ3v) is 3.59. The number of aromatic carboxylic acids is 1. The van der Waals surface area contributed by atoms with Crippen LogP contribution in [0.2, 0.25) is 0 Å². The van der Waals surface area contributed by atoms with Gasteiger partial charge >= 0.3 is 5.97 Å². The van der Waals surface area contributed by atoms with Crippen LogP contribution in [0.1, 0.15) is 33.1 Å². The lowest BCUT2D eigenvalue weighted by atomic mass is 9.92. The van der Waals surface area contributed by atoms with Crippen molar-refractivity contribution in [1.82, 2.24) is 5.32 Å². The number of hydrogen-bond acceptors (Lipinski definition) is 3. The lowest BCUT2D eigenvalue weighted by Gasteiger charge is -2.17. The molecule has 4 heteroatoms. The van der Waals surface area contributed by atoms with E-state index in [0.29, 0.717) is 5.56 Å². The summed E-state index contributed by atoms with van der Waals surface area (Å²) < 4.78 is 0. The van der Waals surface area contributed by atoms with Crippen LogP contribution < -0.4 is 5.32 Å². The number of carboxylic acid groups (broad SMARTS) is 1. The minimum absolute atomic E-state index is 0.233. The maximum absolute atomic E-state index is 11.0. The van der Waals surface area contributed by atoms with Crippen LogP contribution in [-0.4, -0.2) is 17.6 Å². The quantitative estimate of drug-likeness (QED) is 0.768. The van der Waals surface area contributed by atoms with Gasteiger partial charge in [-0.3, -0.25) is 0 Å². The Bertz CT molecular complexity index is 482. The van der Waals surface area contributed by atoms with Gasteiger partial charge in [-0.1, -0.05) is 12.0 Å². The maximum atomic E-state index is 11.0. The standard InChI is InChI=1S/C12H11NO2S/c1-2-9-10(7-16-11(9)12(14)15)8-3-5-13-6-4-8/h1,3,5,7-8,13H,4,6H2,(H,14,15). The smallest absolute Gasteiger partial charge is 0.347 e. The predicted octanol–water partition coefficient (Wildman–Crippen LogP) is 2.02. The van der Waals surface area contributed by atoms with E-state index in [1.807, 2.05) is 17.7 Å². The fourth-order valence-corrected chi connectivity index (χ4v) is 2.75. The van der Waals surface area contributed by atoms with Crippen molar-refractivity contribution in [3.8, 4) is 12.3 Å². The van der Waals surface area contributed by atoms with E-state index in [1.54, 1.807) is 0 Å². The minimum atomic E-state index is -0.942. The fourth-order valence-electron chi connectivity index (χ4n) is 1.81. The Morgan fingerprint density at radius 3 is 3.06 bits per heavy atom. The lowest BCUT2D eigenvalue weighted by molar-refractivity contribution is 0.0702. The van der Waals surface area contributed by atoms with Crippen molar-refractivity contribution in [2.75, 3.05) is 6.54 Å². The Labute approximate surface area is 97.8 Å². The van der Waals surface area contributed by atoms with E-state index in [0.717, 1.165) is 18.5 Å². The van der Waals surface area contributed by atoms with Crippen LogP contribution in [0.15, 0.2) is 17.7 Å². The molecule has 0 saturated heterocycles. The molecular weight excluding hydrogens is 222 g/mol. The third kappa shape index (κ3) is 1.82. The molecule has 1 aliphatic rings. The van der Waals surface area contributed by atoms with E-state index in [9.17, 15) is 4.79 Å². The van der Waals surface area contributed by atoms with Crippen LogP contribution in [-0.2, 0) is 0 Å². The number of allylic oxidation sites excluding steroid dienone is 1. The first kappa shape index (κ1) is 10.8. The number of terminal acetylenes is 1. The molecule has 2 heterocycles. The van der Waals surface area contributed by atoms with Gasteiger partial charge in [0.25, 0.3) is 0 Å². The second-order valence-electron chi connectivity index (χ2n) is 3.55. The van der Waals surface area contributed by atoms with Gasteiger partial charge < -0.3 is 10.4 Å². The van der Waals surface area contributed by atoms with Gasteiger partial charge in [-0.05, 0) is 23.6 Å². The summed E-state index contributed by atoms with van der Waals surface area (Å²) >= 11 is 1.21. The van der Waals surface area contributed by atoms with Crippen molar-refractivity contribution in [2.45, 2.75) is 12.3 Å². The van der Waals surface area contributed by atoms with E-state index < -0.39 is 5.97 Å². The molecule has 0 radical (unpaired) electrons.